The van der Waals surface area contributed by atoms with Crippen LogP contribution in [0.3, 0.4) is 0 Å². The van der Waals surface area contributed by atoms with Crippen molar-refractivity contribution in [2.75, 3.05) is 32.7 Å². The molecule has 2 fully saturated rings. The summed E-state index contributed by atoms with van der Waals surface area (Å²) in [5.41, 5.74) is 2.16. The number of aliphatic carboxylic acids is 1. The van der Waals surface area contributed by atoms with Gasteiger partial charge in [-0.05, 0) is 37.6 Å². The van der Waals surface area contributed by atoms with Crippen molar-refractivity contribution in [3.63, 3.8) is 0 Å². The van der Waals surface area contributed by atoms with Gasteiger partial charge in [0.25, 0.3) is 0 Å². The summed E-state index contributed by atoms with van der Waals surface area (Å²) >= 11 is 0. The number of aromatic amines is 1. The standard InChI is InChI=1S/C22H28N4O2/c27-21(28)20-16-26(15-19-8-11-23-24-19)17-22(20)9-13-25(14-10-22)12-4-7-18-5-2-1-3-6-18/h1-8,11,20H,9-10,12-17H2,(H,23,24)(H,27,28)/b7-4+. The molecule has 148 valence electrons. The number of rotatable bonds is 6. The first-order valence-electron chi connectivity index (χ1n) is 10.0. The number of benzene rings is 1. The lowest BCUT2D eigenvalue weighted by Crippen LogP contribution is -2.46. The van der Waals surface area contributed by atoms with Gasteiger partial charge in [-0.3, -0.25) is 19.7 Å². The van der Waals surface area contributed by atoms with Crippen molar-refractivity contribution < 1.29 is 9.90 Å². The lowest BCUT2D eigenvalue weighted by molar-refractivity contribution is -0.145. The van der Waals surface area contributed by atoms with Crippen molar-refractivity contribution in [1.29, 1.82) is 0 Å². The number of carboxylic acids is 1. The van der Waals surface area contributed by atoms with Crippen molar-refractivity contribution in [2.45, 2.75) is 19.4 Å². The Morgan fingerprint density at radius 2 is 2.00 bits per heavy atom. The van der Waals surface area contributed by atoms with E-state index < -0.39 is 5.97 Å². The molecule has 1 aromatic heterocycles. The van der Waals surface area contributed by atoms with E-state index in [1.807, 2.05) is 24.3 Å². The average molecular weight is 380 g/mol. The quantitative estimate of drug-likeness (QED) is 0.806. The molecule has 2 aromatic rings. The van der Waals surface area contributed by atoms with Crippen molar-refractivity contribution in [3.05, 3.63) is 59.9 Å². The van der Waals surface area contributed by atoms with Crippen LogP contribution in [0.4, 0.5) is 0 Å². The molecule has 3 heterocycles. The maximum atomic E-state index is 12.0. The maximum Gasteiger partial charge on any atom is 0.308 e. The van der Waals surface area contributed by atoms with Gasteiger partial charge < -0.3 is 5.11 Å². The van der Waals surface area contributed by atoms with Gasteiger partial charge in [-0.1, -0.05) is 42.5 Å². The monoisotopic (exact) mass is 380 g/mol. The van der Waals surface area contributed by atoms with E-state index in [0.29, 0.717) is 6.54 Å². The van der Waals surface area contributed by atoms with Gasteiger partial charge in [0.1, 0.15) is 0 Å². The van der Waals surface area contributed by atoms with Crippen LogP contribution in [0.2, 0.25) is 0 Å². The molecular formula is C22H28N4O2. The van der Waals surface area contributed by atoms with Crippen molar-refractivity contribution in [3.8, 4) is 0 Å². The number of nitrogens with zero attached hydrogens (tertiary/aromatic N) is 3. The number of hydrogen-bond acceptors (Lipinski definition) is 4. The van der Waals surface area contributed by atoms with E-state index >= 15 is 0 Å². The highest BCUT2D eigenvalue weighted by Gasteiger charge is 2.51. The Labute approximate surface area is 165 Å². The molecule has 0 bridgehead atoms. The van der Waals surface area contributed by atoms with E-state index in [1.165, 1.54) is 5.56 Å². The van der Waals surface area contributed by atoms with E-state index in [-0.39, 0.29) is 11.3 Å². The minimum Gasteiger partial charge on any atom is -0.481 e. The number of hydrogen-bond donors (Lipinski definition) is 2. The van der Waals surface area contributed by atoms with Gasteiger partial charge >= 0.3 is 5.97 Å². The topological polar surface area (TPSA) is 72.5 Å². The van der Waals surface area contributed by atoms with Crippen LogP contribution in [-0.4, -0.2) is 63.8 Å². The van der Waals surface area contributed by atoms with E-state index in [2.05, 4.69) is 44.3 Å². The summed E-state index contributed by atoms with van der Waals surface area (Å²) < 4.78 is 0. The Bertz CT molecular complexity index is 795. The van der Waals surface area contributed by atoms with Crippen molar-refractivity contribution in [2.24, 2.45) is 11.3 Å². The smallest absolute Gasteiger partial charge is 0.308 e. The summed E-state index contributed by atoms with van der Waals surface area (Å²) in [4.78, 5) is 16.7. The Balaban J connectivity index is 1.34. The SMILES string of the molecule is O=C(O)C1CN(Cc2ccn[nH]2)CC12CCN(C/C=C/c1ccccc1)CC2. The molecule has 6 heteroatoms. The van der Waals surface area contributed by atoms with Crippen LogP contribution >= 0.6 is 0 Å². The fourth-order valence-electron chi connectivity index (χ4n) is 4.74. The third kappa shape index (κ3) is 4.18. The second-order valence-corrected chi connectivity index (χ2v) is 8.12. The molecule has 0 aliphatic carbocycles. The molecule has 6 nitrogen and oxygen atoms in total. The minimum absolute atomic E-state index is 0.106. The third-order valence-corrected chi connectivity index (χ3v) is 6.29. The lowest BCUT2D eigenvalue weighted by atomic mass is 9.71. The van der Waals surface area contributed by atoms with Gasteiger partial charge in [0.2, 0.25) is 0 Å². The van der Waals surface area contributed by atoms with Crippen LogP contribution in [-0.2, 0) is 11.3 Å². The first-order chi connectivity index (χ1) is 13.6. The lowest BCUT2D eigenvalue weighted by Gasteiger charge is -2.41. The third-order valence-electron chi connectivity index (χ3n) is 6.29. The summed E-state index contributed by atoms with van der Waals surface area (Å²) in [5.74, 6) is -0.929. The molecule has 4 rings (SSSR count). The van der Waals surface area contributed by atoms with E-state index in [0.717, 1.165) is 51.3 Å². The summed E-state index contributed by atoms with van der Waals surface area (Å²) in [6.45, 7) is 5.07. The predicted molar refractivity (Wildman–Crippen MR) is 109 cm³/mol. The Kier molecular flexibility index (Phi) is 5.59. The number of H-pyrrole nitrogens is 1. The molecule has 1 unspecified atom stereocenters. The normalized spacial score (nSPS) is 22.9. The highest BCUT2D eigenvalue weighted by atomic mass is 16.4. The number of nitrogens with one attached hydrogen (secondary N) is 1. The summed E-state index contributed by atoms with van der Waals surface area (Å²) in [6.07, 6.45) is 8.01. The Morgan fingerprint density at radius 3 is 2.68 bits per heavy atom. The number of piperidine rings is 1. The van der Waals surface area contributed by atoms with Crippen LogP contribution in [0.15, 0.2) is 48.7 Å². The Morgan fingerprint density at radius 1 is 1.21 bits per heavy atom. The van der Waals surface area contributed by atoms with Gasteiger partial charge in [0.15, 0.2) is 0 Å². The molecule has 0 radical (unpaired) electrons. The fraction of sp³-hybridized carbons (Fsp3) is 0.455. The van der Waals surface area contributed by atoms with Gasteiger partial charge in [-0.25, -0.2) is 0 Å². The number of carbonyl (C=O) groups is 1. The zero-order valence-corrected chi connectivity index (χ0v) is 16.1. The van der Waals surface area contributed by atoms with Gasteiger partial charge in [0, 0.05) is 43.5 Å². The minimum atomic E-state index is -0.649. The second-order valence-electron chi connectivity index (χ2n) is 8.12. The predicted octanol–water partition coefficient (Wildman–Crippen LogP) is 2.72. The van der Waals surface area contributed by atoms with Gasteiger partial charge in [-0.15, -0.1) is 0 Å². The maximum absolute atomic E-state index is 12.0. The van der Waals surface area contributed by atoms with E-state index in [9.17, 15) is 9.90 Å². The van der Waals surface area contributed by atoms with Gasteiger partial charge in [-0.2, -0.15) is 5.10 Å². The van der Waals surface area contributed by atoms with Crippen LogP contribution in [0.5, 0.6) is 0 Å². The Hall–Kier alpha value is -2.44. The van der Waals surface area contributed by atoms with Crippen LogP contribution in [0.25, 0.3) is 6.08 Å². The van der Waals surface area contributed by atoms with Gasteiger partial charge in [0.05, 0.1) is 5.92 Å². The summed E-state index contributed by atoms with van der Waals surface area (Å²) in [5, 5.41) is 16.8. The molecule has 28 heavy (non-hydrogen) atoms. The molecule has 2 saturated heterocycles. The van der Waals surface area contributed by atoms with Crippen LogP contribution in [0.1, 0.15) is 24.1 Å². The zero-order chi connectivity index (χ0) is 19.4. The molecule has 0 saturated carbocycles. The fourth-order valence-corrected chi connectivity index (χ4v) is 4.74. The molecule has 0 amide bonds. The first kappa shape index (κ1) is 18.9. The number of likely N-dealkylation sites (tertiary alicyclic amines) is 2. The molecule has 2 N–H and O–H groups in total. The molecule has 1 aromatic carbocycles. The molecule has 2 aliphatic rings. The van der Waals surface area contributed by atoms with Crippen molar-refractivity contribution >= 4 is 12.0 Å². The zero-order valence-electron chi connectivity index (χ0n) is 16.1. The first-order valence-corrected chi connectivity index (χ1v) is 10.0. The highest BCUT2D eigenvalue weighted by Crippen LogP contribution is 2.45. The van der Waals surface area contributed by atoms with Crippen molar-refractivity contribution in [1.82, 2.24) is 20.0 Å². The van der Waals surface area contributed by atoms with E-state index in [1.54, 1.807) is 6.20 Å². The van der Waals surface area contributed by atoms with E-state index in [4.69, 9.17) is 0 Å². The number of aromatic nitrogens is 2. The molecule has 1 atom stereocenters. The number of carboxylic acid groups (broad SMARTS) is 1. The van der Waals surface area contributed by atoms with Crippen LogP contribution in [0, 0.1) is 11.3 Å². The largest absolute Gasteiger partial charge is 0.481 e. The molecular weight excluding hydrogens is 352 g/mol. The summed E-state index contributed by atoms with van der Waals surface area (Å²) in [6, 6.07) is 12.3. The van der Waals surface area contributed by atoms with Crippen LogP contribution < -0.4 is 0 Å². The second kappa shape index (κ2) is 8.29. The summed E-state index contributed by atoms with van der Waals surface area (Å²) in [7, 11) is 0. The average Bonchev–Trinajstić information content (AvgIpc) is 3.33. The molecule has 2 aliphatic heterocycles. The molecule has 1 spiro atoms. The highest BCUT2D eigenvalue weighted by molar-refractivity contribution is 5.72.